The summed E-state index contributed by atoms with van der Waals surface area (Å²) >= 11 is 1.78. The summed E-state index contributed by atoms with van der Waals surface area (Å²) in [5, 5.41) is 8.74. The van der Waals surface area contributed by atoms with Crippen LogP contribution in [-0.2, 0) is 6.54 Å². The van der Waals surface area contributed by atoms with Crippen LogP contribution in [-0.4, -0.2) is 29.7 Å². The fourth-order valence-corrected chi connectivity index (χ4v) is 3.88. The van der Waals surface area contributed by atoms with Crippen LogP contribution in [0.15, 0.2) is 12.1 Å². The van der Waals surface area contributed by atoms with E-state index in [2.05, 4.69) is 49.8 Å². The van der Waals surface area contributed by atoms with Crippen LogP contribution in [0.5, 0.6) is 0 Å². The van der Waals surface area contributed by atoms with Gasteiger partial charge >= 0.3 is 0 Å². The van der Waals surface area contributed by atoms with Crippen molar-refractivity contribution in [2.24, 2.45) is 5.41 Å². The number of aliphatic hydroxyl groups is 1. The number of hydrogen-bond donors (Lipinski definition) is 1. The maximum atomic E-state index is 8.74. The summed E-state index contributed by atoms with van der Waals surface area (Å²) < 4.78 is 0. The first kappa shape index (κ1) is 16.5. The Balaban J connectivity index is 1.86. The Morgan fingerprint density at radius 1 is 1.33 bits per heavy atom. The van der Waals surface area contributed by atoms with Crippen molar-refractivity contribution < 1.29 is 5.11 Å². The Labute approximate surface area is 133 Å². The molecule has 0 amide bonds. The molecular formula is C18H27NOS. The molecule has 0 bridgehead atoms. The molecule has 2 nitrogen and oxygen atoms in total. The third-order valence-corrected chi connectivity index (χ3v) is 5.43. The molecule has 0 aromatic carbocycles. The quantitative estimate of drug-likeness (QED) is 0.853. The Morgan fingerprint density at radius 2 is 2.05 bits per heavy atom. The van der Waals surface area contributed by atoms with Crippen molar-refractivity contribution in [3.05, 3.63) is 21.9 Å². The highest BCUT2D eigenvalue weighted by Gasteiger charge is 2.28. The van der Waals surface area contributed by atoms with Crippen molar-refractivity contribution in [2.45, 2.75) is 58.5 Å². The lowest BCUT2D eigenvalue weighted by Gasteiger charge is -2.38. The second-order valence-corrected chi connectivity index (χ2v) is 8.02. The Hall–Kier alpha value is -0.820. The molecule has 1 heterocycles. The zero-order valence-electron chi connectivity index (χ0n) is 13.5. The molecule has 1 fully saturated rings. The summed E-state index contributed by atoms with van der Waals surface area (Å²) in [7, 11) is 2.25. The number of aliphatic hydroxyl groups excluding tert-OH is 1. The van der Waals surface area contributed by atoms with E-state index in [4.69, 9.17) is 5.11 Å². The van der Waals surface area contributed by atoms with E-state index in [0.29, 0.717) is 11.8 Å². The summed E-state index contributed by atoms with van der Waals surface area (Å²) in [4.78, 5) is 5.00. The van der Waals surface area contributed by atoms with Gasteiger partial charge in [-0.3, -0.25) is 4.90 Å². The molecule has 21 heavy (non-hydrogen) atoms. The van der Waals surface area contributed by atoms with Gasteiger partial charge in [-0.2, -0.15) is 0 Å². The molecule has 0 unspecified atom stereocenters. The molecule has 1 N–H and O–H groups in total. The molecular weight excluding hydrogens is 278 g/mol. The molecule has 3 heteroatoms. The number of thiophene rings is 1. The molecule has 1 aromatic rings. The smallest absolute Gasteiger partial charge is 0.0771 e. The average Bonchev–Trinajstić information content (AvgIpc) is 2.86. The van der Waals surface area contributed by atoms with E-state index in [-0.39, 0.29) is 6.61 Å². The maximum absolute atomic E-state index is 8.74. The third kappa shape index (κ3) is 5.14. The van der Waals surface area contributed by atoms with Gasteiger partial charge < -0.3 is 5.11 Å². The molecule has 0 atom stereocenters. The van der Waals surface area contributed by atoms with Crippen LogP contribution in [0, 0.1) is 17.3 Å². The van der Waals surface area contributed by atoms with E-state index in [1.807, 2.05) is 0 Å². The largest absolute Gasteiger partial charge is 0.395 e. The van der Waals surface area contributed by atoms with Gasteiger partial charge in [0.25, 0.3) is 0 Å². The average molecular weight is 305 g/mol. The van der Waals surface area contributed by atoms with Gasteiger partial charge in [0.1, 0.15) is 0 Å². The van der Waals surface area contributed by atoms with E-state index in [1.54, 1.807) is 11.3 Å². The van der Waals surface area contributed by atoms with Crippen molar-refractivity contribution >= 4 is 11.3 Å². The lowest BCUT2D eigenvalue weighted by molar-refractivity contribution is 0.124. The fraction of sp³-hybridized carbons (Fsp3) is 0.667. The first-order valence-corrected chi connectivity index (χ1v) is 8.70. The van der Waals surface area contributed by atoms with Gasteiger partial charge in [0.05, 0.1) is 11.5 Å². The van der Waals surface area contributed by atoms with Crippen LogP contribution in [0.3, 0.4) is 0 Å². The Bertz CT molecular complexity index is 499. The van der Waals surface area contributed by atoms with Gasteiger partial charge in [0.15, 0.2) is 0 Å². The monoisotopic (exact) mass is 305 g/mol. The topological polar surface area (TPSA) is 23.5 Å². The SMILES string of the molecule is CN(Cc1ccc(C#CCCO)s1)C1CCC(C)(C)CC1. The zero-order chi connectivity index (χ0) is 15.3. The van der Waals surface area contributed by atoms with Gasteiger partial charge in [0, 0.05) is 23.9 Å². The maximum Gasteiger partial charge on any atom is 0.0771 e. The second-order valence-electron chi connectivity index (χ2n) is 6.85. The lowest BCUT2D eigenvalue weighted by atomic mass is 9.75. The molecule has 116 valence electrons. The van der Waals surface area contributed by atoms with Crippen molar-refractivity contribution in [1.82, 2.24) is 4.90 Å². The lowest BCUT2D eigenvalue weighted by Crippen LogP contribution is -2.36. The molecule has 1 aliphatic rings. The van der Waals surface area contributed by atoms with E-state index in [1.165, 1.54) is 30.6 Å². The first-order chi connectivity index (χ1) is 10.00. The minimum atomic E-state index is 0.145. The third-order valence-electron chi connectivity index (χ3n) is 4.45. The minimum absolute atomic E-state index is 0.145. The summed E-state index contributed by atoms with van der Waals surface area (Å²) in [6.45, 7) is 5.95. The predicted molar refractivity (Wildman–Crippen MR) is 90.4 cm³/mol. The van der Waals surface area contributed by atoms with E-state index in [9.17, 15) is 0 Å². The Morgan fingerprint density at radius 3 is 2.71 bits per heavy atom. The molecule has 1 aliphatic carbocycles. The first-order valence-electron chi connectivity index (χ1n) is 7.89. The van der Waals surface area contributed by atoms with Gasteiger partial charge in [-0.25, -0.2) is 0 Å². The van der Waals surface area contributed by atoms with E-state index in [0.717, 1.165) is 17.5 Å². The predicted octanol–water partition coefficient (Wildman–Crippen LogP) is 3.88. The number of nitrogens with zero attached hydrogens (tertiary/aromatic N) is 1. The minimum Gasteiger partial charge on any atom is -0.395 e. The molecule has 1 saturated carbocycles. The highest BCUT2D eigenvalue weighted by atomic mass is 32.1. The van der Waals surface area contributed by atoms with E-state index >= 15 is 0 Å². The van der Waals surface area contributed by atoms with Crippen LogP contribution in [0.2, 0.25) is 0 Å². The fourth-order valence-electron chi connectivity index (χ4n) is 2.94. The van der Waals surface area contributed by atoms with Gasteiger partial charge in [-0.15, -0.1) is 11.3 Å². The summed E-state index contributed by atoms with van der Waals surface area (Å²) in [5.41, 5.74) is 0.537. The van der Waals surface area contributed by atoms with Crippen molar-refractivity contribution in [1.29, 1.82) is 0 Å². The van der Waals surface area contributed by atoms with Gasteiger partial charge in [-0.1, -0.05) is 25.7 Å². The molecule has 0 saturated heterocycles. The normalized spacial score (nSPS) is 18.5. The van der Waals surface area contributed by atoms with Crippen LogP contribution >= 0.6 is 11.3 Å². The molecule has 1 aromatic heterocycles. The zero-order valence-corrected chi connectivity index (χ0v) is 14.3. The van der Waals surface area contributed by atoms with Crippen LogP contribution in [0.4, 0.5) is 0 Å². The number of rotatable bonds is 4. The number of hydrogen-bond acceptors (Lipinski definition) is 3. The second kappa shape index (κ2) is 7.45. The highest BCUT2D eigenvalue weighted by molar-refractivity contribution is 7.12. The Kier molecular flexibility index (Phi) is 5.87. The van der Waals surface area contributed by atoms with Crippen molar-refractivity contribution in [3.63, 3.8) is 0 Å². The van der Waals surface area contributed by atoms with Crippen molar-refractivity contribution in [3.8, 4) is 11.8 Å². The summed E-state index contributed by atoms with van der Waals surface area (Å²) in [6, 6.07) is 5.02. The van der Waals surface area contributed by atoms with Crippen LogP contribution in [0.1, 0.15) is 55.7 Å². The molecule has 0 spiro atoms. The molecule has 0 aliphatic heterocycles. The summed E-state index contributed by atoms with van der Waals surface area (Å²) in [6.07, 6.45) is 5.87. The van der Waals surface area contributed by atoms with E-state index < -0.39 is 0 Å². The van der Waals surface area contributed by atoms with Crippen molar-refractivity contribution in [2.75, 3.05) is 13.7 Å². The van der Waals surface area contributed by atoms with Gasteiger partial charge in [-0.05, 0) is 50.3 Å². The standard InChI is InChI=1S/C18H27NOS/c1-18(2)11-9-15(10-12-18)19(3)14-17-8-7-16(21-17)6-4-5-13-20/h7-8,15,20H,5,9-14H2,1-3H3. The molecule has 2 rings (SSSR count). The molecule has 0 radical (unpaired) electrons. The van der Waals surface area contributed by atoms with Crippen LogP contribution in [0.25, 0.3) is 0 Å². The van der Waals surface area contributed by atoms with Gasteiger partial charge in [0.2, 0.25) is 0 Å². The highest BCUT2D eigenvalue weighted by Crippen LogP contribution is 2.37. The summed E-state index contributed by atoms with van der Waals surface area (Å²) in [5.74, 6) is 6.11. The van der Waals surface area contributed by atoms with Crippen LogP contribution < -0.4 is 0 Å².